The minimum absolute atomic E-state index is 0.0695. The van der Waals surface area contributed by atoms with Gasteiger partial charge in [0.1, 0.15) is 11.4 Å². The lowest BCUT2D eigenvalue weighted by atomic mass is 10.1. The Hall–Kier alpha value is -4.02. The molecule has 0 fully saturated rings. The third-order valence-corrected chi connectivity index (χ3v) is 6.11. The van der Waals surface area contributed by atoms with Crippen LogP contribution in [0, 0.1) is 0 Å². The molecule has 2 heterocycles. The number of fused-ring (bicyclic) bond motifs is 1. The summed E-state index contributed by atoms with van der Waals surface area (Å²) in [4.78, 5) is 28.0. The van der Waals surface area contributed by atoms with Gasteiger partial charge >= 0.3 is 12.1 Å². The van der Waals surface area contributed by atoms with Gasteiger partial charge in [-0.2, -0.15) is 18.3 Å². The Morgan fingerprint density at radius 3 is 2.44 bits per heavy atom. The molecule has 4 rings (SSSR count). The lowest BCUT2D eigenvalue weighted by molar-refractivity contribution is -0.141. The van der Waals surface area contributed by atoms with Gasteiger partial charge in [-0.05, 0) is 42.3 Å². The molecular formula is C25H26F3N5O3. The smallest absolute Gasteiger partial charge is 0.436 e. The Morgan fingerprint density at radius 1 is 1.14 bits per heavy atom. The lowest BCUT2D eigenvalue weighted by Gasteiger charge is -2.22. The lowest BCUT2D eigenvalue weighted by Crippen LogP contribution is -2.31. The number of carboxylic acids is 1. The van der Waals surface area contributed by atoms with Crippen molar-refractivity contribution in [2.45, 2.75) is 32.2 Å². The molecule has 1 atom stereocenters. The van der Waals surface area contributed by atoms with Crippen molar-refractivity contribution in [3.05, 3.63) is 76.5 Å². The van der Waals surface area contributed by atoms with Crippen LogP contribution >= 0.6 is 0 Å². The van der Waals surface area contributed by atoms with E-state index in [9.17, 15) is 22.8 Å². The van der Waals surface area contributed by atoms with Gasteiger partial charge in [0.15, 0.2) is 5.69 Å². The fourth-order valence-electron chi connectivity index (χ4n) is 4.23. The van der Waals surface area contributed by atoms with Crippen LogP contribution < -0.4 is 15.1 Å². The third-order valence-electron chi connectivity index (χ3n) is 6.11. The van der Waals surface area contributed by atoms with Gasteiger partial charge in [-0.1, -0.05) is 24.3 Å². The largest absolute Gasteiger partial charge is 0.478 e. The molecular weight excluding hydrogens is 475 g/mol. The molecule has 1 aliphatic rings. The van der Waals surface area contributed by atoms with Crippen molar-refractivity contribution in [1.29, 1.82) is 0 Å². The van der Waals surface area contributed by atoms with Crippen molar-refractivity contribution >= 4 is 23.4 Å². The number of hydrogen-bond donors (Lipinski definition) is 2. The van der Waals surface area contributed by atoms with E-state index in [0.717, 1.165) is 11.3 Å². The molecule has 0 saturated heterocycles. The van der Waals surface area contributed by atoms with E-state index in [0.29, 0.717) is 18.7 Å². The molecule has 8 nitrogen and oxygen atoms in total. The van der Waals surface area contributed by atoms with Crippen LogP contribution in [0.5, 0.6) is 0 Å². The van der Waals surface area contributed by atoms with Gasteiger partial charge in [-0.15, -0.1) is 0 Å². The molecule has 2 aromatic carbocycles. The Balaban J connectivity index is 1.64. The standard InChI is InChI=1S/C25H26F3N5O3/c1-15(17-7-9-18(10-8-17)24(35)36)29-22(34)20-21(25(26,27)28)30-33-12-11-32(23(20)33)14-16-5-4-6-19(13-16)31(2)3/h4-10,13,15H,11-12,14H2,1-3H3,(H,29,34)(H,35,36). The fraction of sp³-hybridized carbons (Fsp3) is 0.320. The summed E-state index contributed by atoms with van der Waals surface area (Å²) in [6.07, 6.45) is -4.81. The van der Waals surface area contributed by atoms with Crippen LogP contribution in [-0.2, 0) is 19.3 Å². The van der Waals surface area contributed by atoms with Crippen molar-refractivity contribution in [2.24, 2.45) is 0 Å². The number of halogens is 3. The van der Waals surface area contributed by atoms with Crippen molar-refractivity contribution in [3.63, 3.8) is 0 Å². The number of rotatable bonds is 7. The van der Waals surface area contributed by atoms with Crippen LogP contribution in [0.15, 0.2) is 48.5 Å². The molecule has 0 saturated carbocycles. The molecule has 1 unspecified atom stereocenters. The molecule has 0 bridgehead atoms. The van der Waals surface area contributed by atoms with E-state index in [1.165, 1.54) is 28.9 Å². The van der Waals surface area contributed by atoms with E-state index in [1.54, 1.807) is 11.8 Å². The Bertz CT molecular complexity index is 1290. The number of anilines is 2. The molecule has 2 N–H and O–H groups in total. The Morgan fingerprint density at radius 2 is 1.83 bits per heavy atom. The molecule has 1 amide bonds. The normalized spacial score (nSPS) is 13.9. The molecule has 36 heavy (non-hydrogen) atoms. The van der Waals surface area contributed by atoms with E-state index >= 15 is 0 Å². The van der Waals surface area contributed by atoms with Gasteiger partial charge in [0.25, 0.3) is 5.91 Å². The van der Waals surface area contributed by atoms with Gasteiger partial charge in [0, 0.05) is 32.9 Å². The summed E-state index contributed by atoms with van der Waals surface area (Å²) in [7, 11) is 3.80. The first-order chi connectivity index (χ1) is 17.0. The monoisotopic (exact) mass is 501 g/mol. The summed E-state index contributed by atoms with van der Waals surface area (Å²) < 4.78 is 42.9. The van der Waals surface area contributed by atoms with E-state index in [-0.39, 0.29) is 17.9 Å². The molecule has 0 radical (unpaired) electrons. The molecule has 0 aliphatic carbocycles. The SMILES string of the molecule is CC(NC(=O)c1c(C(F)(F)F)nn2c1N(Cc1cccc(N(C)C)c1)CC2)c1ccc(C(=O)O)cc1. The number of carbonyl (C=O) groups is 2. The number of benzene rings is 2. The zero-order valence-corrected chi connectivity index (χ0v) is 20.0. The Kier molecular flexibility index (Phi) is 6.66. The van der Waals surface area contributed by atoms with Gasteiger partial charge in [0.2, 0.25) is 0 Å². The number of aromatic nitrogens is 2. The van der Waals surface area contributed by atoms with Crippen molar-refractivity contribution in [3.8, 4) is 0 Å². The summed E-state index contributed by atoms with van der Waals surface area (Å²) in [5, 5.41) is 15.4. The minimum Gasteiger partial charge on any atom is -0.478 e. The zero-order valence-electron chi connectivity index (χ0n) is 20.0. The first-order valence-electron chi connectivity index (χ1n) is 11.3. The van der Waals surface area contributed by atoms with Crippen molar-refractivity contribution in [1.82, 2.24) is 15.1 Å². The molecule has 1 aromatic heterocycles. The van der Waals surface area contributed by atoms with Crippen LogP contribution in [0.1, 0.15) is 50.5 Å². The fourth-order valence-corrected chi connectivity index (χ4v) is 4.23. The summed E-state index contributed by atoms with van der Waals surface area (Å²) in [5.74, 6) is -1.87. The number of carboxylic acid groups (broad SMARTS) is 1. The number of nitrogens with zero attached hydrogens (tertiary/aromatic N) is 4. The third kappa shape index (κ3) is 5.00. The summed E-state index contributed by atoms with van der Waals surface area (Å²) in [6, 6.07) is 12.8. The number of hydrogen-bond acceptors (Lipinski definition) is 5. The highest BCUT2D eigenvalue weighted by molar-refractivity contribution is 6.01. The van der Waals surface area contributed by atoms with Crippen LogP contribution in [0.2, 0.25) is 0 Å². The second-order valence-corrected chi connectivity index (χ2v) is 8.88. The maximum absolute atomic E-state index is 13.9. The highest BCUT2D eigenvalue weighted by atomic mass is 19.4. The van der Waals surface area contributed by atoms with Crippen LogP contribution in [0.4, 0.5) is 24.7 Å². The van der Waals surface area contributed by atoms with Crippen LogP contribution in [0.3, 0.4) is 0 Å². The predicted octanol–water partition coefficient (Wildman–Crippen LogP) is 4.18. The Labute approximate surface area is 205 Å². The molecule has 3 aromatic rings. The number of aromatic carboxylic acids is 1. The molecule has 1 aliphatic heterocycles. The van der Waals surface area contributed by atoms with E-state index in [1.807, 2.05) is 43.3 Å². The van der Waals surface area contributed by atoms with Gasteiger partial charge in [-0.3, -0.25) is 4.79 Å². The number of alkyl halides is 3. The molecule has 11 heteroatoms. The average Bonchev–Trinajstić information content (AvgIpc) is 3.39. The average molecular weight is 502 g/mol. The first kappa shape index (κ1) is 25.1. The maximum atomic E-state index is 13.9. The minimum atomic E-state index is -4.81. The van der Waals surface area contributed by atoms with E-state index < -0.39 is 35.4 Å². The maximum Gasteiger partial charge on any atom is 0.436 e. The highest BCUT2D eigenvalue weighted by Crippen LogP contribution is 2.39. The summed E-state index contributed by atoms with van der Waals surface area (Å²) in [5.41, 5.74) is 0.732. The van der Waals surface area contributed by atoms with Crippen LogP contribution in [0.25, 0.3) is 0 Å². The van der Waals surface area contributed by atoms with Crippen molar-refractivity contribution in [2.75, 3.05) is 30.4 Å². The molecule has 0 spiro atoms. The highest BCUT2D eigenvalue weighted by Gasteiger charge is 2.44. The number of carbonyl (C=O) groups excluding carboxylic acids is 1. The van der Waals surface area contributed by atoms with Crippen LogP contribution in [-0.4, -0.2) is 47.4 Å². The quantitative estimate of drug-likeness (QED) is 0.505. The number of nitrogens with one attached hydrogen (secondary N) is 1. The van der Waals surface area contributed by atoms with Crippen molar-refractivity contribution < 1.29 is 27.9 Å². The van der Waals surface area contributed by atoms with E-state index in [2.05, 4.69) is 10.4 Å². The summed E-state index contributed by atoms with van der Waals surface area (Å²) >= 11 is 0. The second kappa shape index (κ2) is 9.56. The second-order valence-electron chi connectivity index (χ2n) is 8.88. The van der Waals surface area contributed by atoms with Gasteiger partial charge < -0.3 is 20.2 Å². The predicted molar refractivity (Wildman–Crippen MR) is 128 cm³/mol. The topological polar surface area (TPSA) is 90.7 Å². The zero-order chi connectivity index (χ0) is 26.2. The summed E-state index contributed by atoms with van der Waals surface area (Å²) in [6.45, 7) is 2.58. The molecule has 190 valence electrons. The van der Waals surface area contributed by atoms with E-state index in [4.69, 9.17) is 5.11 Å². The van der Waals surface area contributed by atoms with Gasteiger partial charge in [-0.25, -0.2) is 9.48 Å². The van der Waals surface area contributed by atoms with Gasteiger partial charge in [0.05, 0.1) is 18.2 Å². The first-order valence-corrected chi connectivity index (χ1v) is 11.3. The number of amides is 1.